The standard InChI is InChI=1S/C18H28N2O2/c1-4-5-6-7-17(21)19-18-14(2)12-16(13-15(18)3)20-8-10-22-11-9-20/h12-13H,4-11H2,1-3H3,(H,19,21). The van der Waals surface area contributed by atoms with Gasteiger partial charge in [-0.05, 0) is 43.5 Å². The van der Waals surface area contributed by atoms with E-state index in [0.29, 0.717) is 6.42 Å². The number of hydrogen-bond acceptors (Lipinski definition) is 3. The number of carbonyl (C=O) groups is 1. The predicted octanol–water partition coefficient (Wildman–Crippen LogP) is 3.66. The molecule has 1 amide bonds. The SMILES string of the molecule is CCCCCC(=O)Nc1c(C)cc(N2CCOCC2)cc1C. The molecule has 0 saturated carbocycles. The summed E-state index contributed by atoms with van der Waals surface area (Å²) < 4.78 is 5.41. The molecule has 1 N–H and O–H groups in total. The van der Waals surface area contributed by atoms with Gasteiger partial charge < -0.3 is 15.0 Å². The van der Waals surface area contributed by atoms with E-state index in [1.807, 2.05) is 0 Å². The topological polar surface area (TPSA) is 41.6 Å². The zero-order chi connectivity index (χ0) is 15.9. The molecule has 1 aliphatic heterocycles. The predicted molar refractivity (Wildman–Crippen MR) is 91.7 cm³/mol. The molecule has 122 valence electrons. The Bertz CT molecular complexity index is 485. The fourth-order valence-corrected chi connectivity index (χ4v) is 2.88. The van der Waals surface area contributed by atoms with Gasteiger partial charge in [0.15, 0.2) is 0 Å². The van der Waals surface area contributed by atoms with E-state index >= 15 is 0 Å². The van der Waals surface area contributed by atoms with Crippen LogP contribution in [0.2, 0.25) is 0 Å². The Balaban J connectivity index is 2.04. The Morgan fingerprint density at radius 2 is 1.82 bits per heavy atom. The summed E-state index contributed by atoms with van der Waals surface area (Å²) in [5, 5.41) is 3.09. The molecule has 0 bridgehead atoms. The minimum absolute atomic E-state index is 0.124. The molecule has 1 aliphatic rings. The van der Waals surface area contributed by atoms with E-state index in [1.165, 1.54) is 5.69 Å². The zero-order valence-corrected chi connectivity index (χ0v) is 14.1. The highest BCUT2D eigenvalue weighted by molar-refractivity contribution is 5.92. The number of hydrogen-bond donors (Lipinski definition) is 1. The van der Waals surface area contributed by atoms with Gasteiger partial charge in [0.25, 0.3) is 0 Å². The number of anilines is 2. The summed E-state index contributed by atoms with van der Waals surface area (Å²) >= 11 is 0. The van der Waals surface area contributed by atoms with Crippen LogP contribution in [0.5, 0.6) is 0 Å². The first-order chi connectivity index (χ1) is 10.6. The number of rotatable bonds is 6. The van der Waals surface area contributed by atoms with Gasteiger partial charge >= 0.3 is 0 Å². The number of amides is 1. The maximum absolute atomic E-state index is 12.0. The first-order valence-electron chi connectivity index (χ1n) is 8.35. The molecule has 4 heteroatoms. The van der Waals surface area contributed by atoms with Crippen molar-refractivity contribution < 1.29 is 9.53 Å². The molecular formula is C18H28N2O2. The summed E-state index contributed by atoms with van der Waals surface area (Å²) in [4.78, 5) is 14.4. The Morgan fingerprint density at radius 3 is 2.41 bits per heavy atom. The molecule has 2 rings (SSSR count). The fourth-order valence-electron chi connectivity index (χ4n) is 2.88. The van der Waals surface area contributed by atoms with Gasteiger partial charge in [0.05, 0.1) is 13.2 Å². The zero-order valence-electron chi connectivity index (χ0n) is 14.1. The van der Waals surface area contributed by atoms with Crippen molar-refractivity contribution in [2.45, 2.75) is 46.5 Å². The molecule has 1 heterocycles. The highest BCUT2D eigenvalue weighted by Crippen LogP contribution is 2.28. The van der Waals surface area contributed by atoms with Crippen LogP contribution in [0.3, 0.4) is 0 Å². The third-order valence-corrected chi connectivity index (χ3v) is 4.17. The van der Waals surface area contributed by atoms with Crippen LogP contribution in [-0.2, 0) is 9.53 Å². The molecule has 0 atom stereocenters. The Kier molecular flexibility index (Phi) is 6.25. The molecule has 1 fully saturated rings. The number of ether oxygens (including phenoxy) is 1. The van der Waals surface area contributed by atoms with Crippen LogP contribution in [-0.4, -0.2) is 32.2 Å². The minimum Gasteiger partial charge on any atom is -0.378 e. The smallest absolute Gasteiger partial charge is 0.224 e. The average molecular weight is 304 g/mol. The monoisotopic (exact) mass is 304 g/mol. The molecule has 0 spiro atoms. The van der Waals surface area contributed by atoms with Crippen LogP contribution >= 0.6 is 0 Å². The summed E-state index contributed by atoms with van der Waals surface area (Å²) in [5.74, 6) is 0.124. The van der Waals surface area contributed by atoms with Crippen molar-refractivity contribution in [3.63, 3.8) is 0 Å². The van der Waals surface area contributed by atoms with Crippen LogP contribution in [0.4, 0.5) is 11.4 Å². The molecule has 0 radical (unpaired) electrons. The Morgan fingerprint density at radius 1 is 1.18 bits per heavy atom. The first-order valence-corrected chi connectivity index (χ1v) is 8.35. The number of benzene rings is 1. The fraction of sp³-hybridized carbons (Fsp3) is 0.611. The van der Waals surface area contributed by atoms with Crippen molar-refractivity contribution in [3.05, 3.63) is 23.3 Å². The van der Waals surface area contributed by atoms with Crippen molar-refractivity contribution in [2.75, 3.05) is 36.5 Å². The van der Waals surface area contributed by atoms with Crippen molar-refractivity contribution in [2.24, 2.45) is 0 Å². The van der Waals surface area contributed by atoms with E-state index < -0.39 is 0 Å². The molecule has 4 nitrogen and oxygen atoms in total. The largest absolute Gasteiger partial charge is 0.378 e. The second kappa shape index (κ2) is 8.18. The van der Waals surface area contributed by atoms with Crippen LogP contribution in [0, 0.1) is 13.8 Å². The number of unbranched alkanes of at least 4 members (excludes halogenated alkanes) is 2. The summed E-state index contributed by atoms with van der Waals surface area (Å²) in [6.07, 6.45) is 3.82. The number of morpholine rings is 1. The average Bonchev–Trinajstić information content (AvgIpc) is 2.52. The molecule has 0 unspecified atom stereocenters. The van der Waals surface area contributed by atoms with Gasteiger partial charge in [-0.1, -0.05) is 19.8 Å². The lowest BCUT2D eigenvalue weighted by molar-refractivity contribution is -0.116. The maximum Gasteiger partial charge on any atom is 0.224 e. The highest BCUT2D eigenvalue weighted by atomic mass is 16.5. The summed E-state index contributed by atoms with van der Waals surface area (Å²) in [7, 11) is 0. The van der Waals surface area contributed by atoms with E-state index in [2.05, 4.69) is 43.1 Å². The Labute approximate surface area is 133 Å². The third kappa shape index (κ3) is 4.47. The van der Waals surface area contributed by atoms with Crippen LogP contribution in [0.1, 0.15) is 43.7 Å². The lowest BCUT2D eigenvalue weighted by atomic mass is 10.1. The second-order valence-electron chi connectivity index (χ2n) is 6.06. The lowest BCUT2D eigenvalue weighted by Crippen LogP contribution is -2.36. The molecule has 0 aromatic heterocycles. The molecular weight excluding hydrogens is 276 g/mol. The molecule has 22 heavy (non-hydrogen) atoms. The minimum atomic E-state index is 0.124. The van der Waals surface area contributed by atoms with Crippen molar-refractivity contribution in [1.82, 2.24) is 0 Å². The van der Waals surface area contributed by atoms with Gasteiger partial charge in [-0.3, -0.25) is 4.79 Å². The first kappa shape index (κ1) is 16.8. The van der Waals surface area contributed by atoms with Gasteiger partial charge in [0.2, 0.25) is 5.91 Å². The van der Waals surface area contributed by atoms with Gasteiger partial charge in [0.1, 0.15) is 0 Å². The lowest BCUT2D eigenvalue weighted by Gasteiger charge is -2.30. The number of carbonyl (C=O) groups excluding carboxylic acids is 1. The number of aryl methyl sites for hydroxylation is 2. The quantitative estimate of drug-likeness (QED) is 0.816. The van der Waals surface area contributed by atoms with Crippen molar-refractivity contribution in [1.29, 1.82) is 0 Å². The maximum atomic E-state index is 12.0. The molecule has 1 saturated heterocycles. The molecule has 1 aromatic rings. The van der Waals surface area contributed by atoms with E-state index in [-0.39, 0.29) is 5.91 Å². The van der Waals surface area contributed by atoms with Gasteiger partial charge in [0, 0.05) is 30.9 Å². The van der Waals surface area contributed by atoms with E-state index in [0.717, 1.165) is 62.4 Å². The summed E-state index contributed by atoms with van der Waals surface area (Å²) in [5.41, 5.74) is 4.46. The molecule has 0 aliphatic carbocycles. The molecule has 1 aromatic carbocycles. The van der Waals surface area contributed by atoms with E-state index in [4.69, 9.17) is 4.74 Å². The van der Waals surface area contributed by atoms with Gasteiger partial charge in [-0.15, -0.1) is 0 Å². The van der Waals surface area contributed by atoms with E-state index in [1.54, 1.807) is 0 Å². The number of nitrogens with zero attached hydrogens (tertiary/aromatic N) is 1. The van der Waals surface area contributed by atoms with Gasteiger partial charge in [-0.2, -0.15) is 0 Å². The normalized spacial score (nSPS) is 15.0. The third-order valence-electron chi connectivity index (χ3n) is 4.17. The van der Waals surface area contributed by atoms with Crippen LogP contribution in [0.15, 0.2) is 12.1 Å². The summed E-state index contributed by atoms with van der Waals surface area (Å²) in [6.45, 7) is 9.72. The van der Waals surface area contributed by atoms with Crippen LogP contribution < -0.4 is 10.2 Å². The Hall–Kier alpha value is -1.55. The highest BCUT2D eigenvalue weighted by Gasteiger charge is 2.14. The van der Waals surface area contributed by atoms with Gasteiger partial charge in [-0.25, -0.2) is 0 Å². The van der Waals surface area contributed by atoms with E-state index in [9.17, 15) is 4.79 Å². The van der Waals surface area contributed by atoms with Crippen LogP contribution in [0.25, 0.3) is 0 Å². The summed E-state index contributed by atoms with van der Waals surface area (Å²) in [6, 6.07) is 4.33. The van der Waals surface area contributed by atoms with Crippen molar-refractivity contribution >= 4 is 17.3 Å². The number of nitrogens with one attached hydrogen (secondary N) is 1. The second-order valence-corrected chi connectivity index (χ2v) is 6.06. The van der Waals surface area contributed by atoms with Crippen molar-refractivity contribution in [3.8, 4) is 0 Å².